The molecule has 1 aliphatic rings. The second-order valence-electron chi connectivity index (χ2n) is 6.55. The van der Waals surface area contributed by atoms with Gasteiger partial charge in [-0.2, -0.15) is 4.31 Å². The summed E-state index contributed by atoms with van der Waals surface area (Å²) in [6.07, 6.45) is 1.10. The summed E-state index contributed by atoms with van der Waals surface area (Å²) >= 11 is 0. The number of halogens is 1. The molecular formula is C18H23ClN2O4S2. The van der Waals surface area contributed by atoms with Crippen LogP contribution < -0.4 is 0 Å². The van der Waals surface area contributed by atoms with Crippen LogP contribution in [-0.4, -0.2) is 59.0 Å². The Morgan fingerprint density at radius 2 is 1.41 bits per heavy atom. The van der Waals surface area contributed by atoms with Crippen LogP contribution in [0, 0.1) is 0 Å². The Morgan fingerprint density at radius 3 is 1.96 bits per heavy atom. The van der Waals surface area contributed by atoms with Crippen LogP contribution in [0.3, 0.4) is 0 Å². The van der Waals surface area contributed by atoms with E-state index in [1.165, 1.54) is 28.6 Å². The highest BCUT2D eigenvalue weighted by atomic mass is 35.5. The second kappa shape index (κ2) is 8.28. The van der Waals surface area contributed by atoms with Crippen molar-refractivity contribution in [1.82, 2.24) is 9.21 Å². The van der Waals surface area contributed by atoms with Crippen LogP contribution in [0.2, 0.25) is 0 Å². The molecule has 0 N–H and O–H groups in total. The molecule has 0 amide bonds. The molecule has 1 fully saturated rings. The minimum absolute atomic E-state index is 0. The number of sulfonamides is 1. The summed E-state index contributed by atoms with van der Waals surface area (Å²) in [4.78, 5) is 2.32. The minimum Gasteiger partial charge on any atom is -0.303 e. The SMILES string of the molecule is CN1CCN(S(=O)(=O)c2ccc(S(C)(=O)=O)cc2)C(c2ccccc2)C1.Cl. The van der Waals surface area contributed by atoms with Gasteiger partial charge in [0.25, 0.3) is 0 Å². The van der Waals surface area contributed by atoms with Gasteiger partial charge < -0.3 is 4.90 Å². The van der Waals surface area contributed by atoms with Crippen molar-refractivity contribution in [3.63, 3.8) is 0 Å². The number of piperazine rings is 1. The van der Waals surface area contributed by atoms with Crippen molar-refractivity contribution in [3.8, 4) is 0 Å². The van der Waals surface area contributed by atoms with Crippen molar-refractivity contribution in [3.05, 3.63) is 60.2 Å². The Kier molecular flexibility index (Phi) is 6.70. The van der Waals surface area contributed by atoms with Gasteiger partial charge in [0.15, 0.2) is 9.84 Å². The molecule has 1 atom stereocenters. The second-order valence-corrected chi connectivity index (χ2v) is 10.5. The summed E-state index contributed by atoms with van der Waals surface area (Å²) in [5.41, 5.74) is 0.940. The average Bonchev–Trinajstić information content (AvgIpc) is 2.61. The van der Waals surface area contributed by atoms with Crippen molar-refractivity contribution in [2.75, 3.05) is 32.9 Å². The quantitative estimate of drug-likeness (QED) is 0.743. The lowest BCUT2D eigenvalue weighted by molar-refractivity contribution is 0.160. The lowest BCUT2D eigenvalue weighted by atomic mass is 10.1. The van der Waals surface area contributed by atoms with Gasteiger partial charge >= 0.3 is 0 Å². The third-order valence-corrected chi connectivity index (χ3v) is 7.63. The molecular weight excluding hydrogens is 408 g/mol. The molecule has 148 valence electrons. The zero-order valence-corrected chi connectivity index (χ0v) is 17.6. The van der Waals surface area contributed by atoms with Gasteiger partial charge in [-0.1, -0.05) is 30.3 Å². The Labute approximate surface area is 167 Å². The summed E-state index contributed by atoms with van der Waals surface area (Å²) < 4.78 is 51.1. The Bertz CT molecular complexity index is 978. The van der Waals surface area contributed by atoms with Gasteiger partial charge in [0.2, 0.25) is 10.0 Å². The Balaban J connectivity index is 0.00000261. The largest absolute Gasteiger partial charge is 0.303 e. The van der Waals surface area contributed by atoms with Crippen LogP contribution in [0.25, 0.3) is 0 Å². The van der Waals surface area contributed by atoms with E-state index in [1.807, 2.05) is 37.4 Å². The maximum absolute atomic E-state index is 13.2. The molecule has 0 spiro atoms. The van der Waals surface area contributed by atoms with Crippen LogP contribution in [0.5, 0.6) is 0 Å². The first-order valence-corrected chi connectivity index (χ1v) is 11.6. The molecule has 1 aliphatic heterocycles. The van der Waals surface area contributed by atoms with E-state index in [0.29, 0.717) is 19.6 Å². The first-order chi connectivity index (χ1) is 12.2. The number of rotatable bonds is 4. The normalized spacial score (nSPS) is 19.4. The first kappa shape index (κ1) is 21.8. The van der Waals surface area contributed by atoms with Crippen LogP contribution in [0.1, 0.15) is 11.6 Å². The summed E-state index contributed by atoms with van der Waals surface area (Å²) in [5, 5.41) is 0. The summed E-state index contributed by atoms with van der Waals surface area (Å²) in [5.74, 6) is 0. The molecule has 1 unspecified atom stereocenters. The highest BCUT2D eigenvalue weighted by Crippen LogP contribution is 2.31. The predicted molar refractivity (Wildman–Crippen MR) is 107 cm³/mol. The molecule has 0 saturated carbocycles. The lowest BCUT2D eigenvalue weighted by Crippen LogP contribution is -2.49. The third-order valence-electron chi connectivity index (χ3n) is 4.58. The van der Waals surface area contributed by atoms with E-state index < -0.39 is 19.9 Å². The Hall–Kier alpha value is -1.45. The zero-order chi connectivity index (χ0) is 18.9. The predicted octanol–water partition coefficient (Wildman–Crippen LogP) is 2.19. The van der Waals surface area contributed by atoms with E-state index in [2.05, 4.69) is 4.90 Å². The third kappa shape index (κ3) is 4.70. The van der Waals surface area contributed by atoms with Crippen molar-refractivity contribution < 1.29 is 16.8 Å². The van der Waals surface area contributed by atoms with E-state index >= 15 is 0 Å². The number of nitrogens with zero attached hydrogens (tertiary/aromatic N) is 2. The number of hydrogen-bond donors (Lipinski definition) is 0. The molecule has 0 aliphatic carbocycles. The molecule has 1 saturated heterocycles. The van der Waals surface area contributed by atoms with E-state index in [1.54, 1.807) is 0 Å². The van der Waals surface area contributed by atoms with E-state index in [-0.39, 0.29) is 28.2 Å². The molecule has 0 bridgehead atoms. The van der Waals surface area contributed by atoms with Gasteiger partial charge in [-0.15, -0.1) is 12.4 Å². The maximum Gasteiger partial charge on any atom is 0.243 e. The van der Waals surface area contributed by atoms with Gasteiger partial charge in [-0.25, -0.2) is 16.8 Å². The average molecular weight is 431 g/mol. The molecule has 1 heterocycles. The van der Waals surface area contributed by atoms with Crippen molar-refractivity contribution in [2.24, 2.45) is 0 Å². The van der Waals surface area contributed by atoms with Crippen LogP contribution >= 0.6 is 12.4 Å². The van der Waals surface area contributed by atoms with Gasteiger partial charge in [0, 0.05) is 25.9 Å². The number of benzene rings is 2. The molecule has 2 aromatic rings. The topological polar surface area (TPSA) is 74.8 Å². The fourth-order valence-electron chi connectivity index (χ4n) is 3.13. The molecule has 9 heteroatoms. The highest BCUT2D eigenvalue weighted by molar-refractivity contribution is 7.90. The number of likely N-dealkylation sites (N-methyl/N-ethyl adjacent to an activating group) is 1. The fraction of sp³-hybridized carbons (Fsp3) is 0.333. The first-order valence-electron chi connectivity index (χ1n) is 8.25. The zero-order valence-electron chi connectivity index (χ0n) is 15.1. The Morgan fingerprint density at radius 1 is 0.852 bits per heavy atom. The van der Waals surface area contributed by atoms with E-state index in [0.717, 1.165) is 11.8 Å². The summed E-state index contributed by atoms with van der Waals surface area (Å²) in [7, 11) is -5.13. The molecule has 0 radical (unpaired) electrons. The van der Waals surface area contributed by atoms with Crippen molar-refractivity contribution >= 4 is 32.3 Å². The van der Waals surface area contributed by atoms with Crippen molar-refractivity contribution in [2.45, 2.75) is 15.8 Å². The molecule has 6 nitrogen and oxygen atoms in total. The van der Waals surface area contributed by atoms with Gasteiger partial charge in [0.1, 0.15) is 0 Å². The monoisotopic (exact) mass is 430 g/mol. The van der Waals surface area contributed by atoms with E-state index in [4.69, 9.17) is 0 Å². The molecule has 2 aromatic carbocycles. The molecule has 27 heavy (non-hydrogen) atoms. The van der Waals surface area contributed by atoms with E-state index in [9.17, 15) is 16.8 Å². The van der Waals surface area contributed by atoms with Crippen molar-refractivity contribution in [1.29, 1.82) is 0 Å². The van der Waals surface area contributed by atoms with Gasteiger partial charge in [-0.05, 0) is 36.9 Å². The van der Waals surface area contributed by atoms with Crippen LogP contribution in [0.15, 0.2) is 64.4 Å². The lowest BCUT2D eigenvalue weighted by Gasteiger charge is -2.39. The highest BCUT2D eigenvalue weighted by Gasteiger charge is 2.36. The van der Waals surface area contributed by atoms with Gasteiger partial charge in [-0.3, -0.25) is 0 Å². The standard InChI is InChI=1S/C18H22N2O4S2.ClH/c1-19-12-13-20(18(14-19)15-6-4-3-5-7-15)26(23,24)17-10-8-16(9-11-17)25(2,21)22;/h3-11,18H,12-14H2,1-2H3;1H. The summed E-state index contributed by atoms with van der Waals surface area (Å²) in [6.45, 7) is 1.63. The minimum atomic E-state index is -3.73. The molecule has 0 aromatic heterocycles. The van der Waals surface area contributed by atoms with Gasteiger partial charge in [0.05, 0.1) is 15.8 Å². The van der Waals surface area contributed by atoms with Crippen LogP contribution in [0.4, 0.5) is 0 Å². The maximum atomic E-state index is 13.2. The molecule has 3 rings (SSSR count). The summed E-state index contributed by atoms with van der Waals surface area (Å²) in [6, 6.07) is 14.7. The number of hydrogen-bond acceptors (Lipinski definition) is 5. The number of sulfone groups is 1. The fourth-order valence-corrected chi connectivity index (χ4v) is 5.36. The smallest absolute Gasteiger partial charge is 0.243 e. The van der Waals surface area contributed by atoms with Crippen LogP contribution in [-0.2, 0) is 19.9 Å².